The highest BCUT2D eigenvalue weighted by Crippen LogP contribution is 2.37. The summed E-state index contributed by atoms with van der Waals surface area (Å²) in [6.07, 6.45) is -7.58. The molecule has 1 aromatic heterocycles. The maximum absolute atomic E-state index is 12.8. The number of benzene rings is 1. The fourth-order valence-electron chi connectivity index (χ4n) is 3.35. The molecular weight excluding hydrogens is 416 g/mol. The van der Waals surface area contributed by atoms with Crippen LogP contribution in [0.15, 0.2) is 36.5 Å². The highest BCUT2D eigenvalue weighted by Gasteiger charge is 2.34. The van der Waals surface area contributed by atoms with E-state index in [4.69, 9.17) is 10.6 Å². The molecule has 0 radical (unpaired) electrons. The number of nitrogens with zero attached hydrogens (tertiary/aromatic N) is 2. The second-order valence-corrected chi connectivity index (χ2v) is 6.99. The van der Waals surface area contributed by atoms with E-state index in [2.05, 4.69) is 9.82 Å². The summed E-state index contributed by atoms with van der Waals surface area (Å²) in [6, 6.07) is 4.97. The Labute approximate surface area is 168 Å². The molecule has 1 unspecified atom stereocenters. The molecule has 1 fully saturated rings. The topological polar surface area (TPSA) is 60.6 Å². The molecule has 0 amide bonds. The van der Waals surface area contributed by atoms with Gasteiger partial charge < -0.3 is 14.5 Å². The lowest BCUT2D eigenvalue weighted by Gasteiger charge is -2.38. The molecule has 0 saturated carbocycles. The zero-order valence-corrected chi connectivity index (χ0v) is 15.8. The lowest BCUT2D eigenvalue weighted by atomic mass is 10.0. The van der Waals surface area contributed by atoms with Crippen LogP contribution in [0.5, 0.6) is 11.5 Å². The van der Waals surface area contributed by atoms with Gasteiger partial charge in [-0.15, -0.1) is 0 Å². The predicted octanol–water partition coefficient (Wildman–Crippen LogP) is 4.81. The molecule has 0 bridgehead atoms. The summed E-state index contributed by atoms with van der Waals surface area (Å²) in [5.41, 5.74) is -1.74. The number of aromatic nitrogens is 1. The average Bonchev–Trinajstić information content (AvgIpc) is 2.67. The first-order valence-corrected chi connectivity index (χ1v) is 9.03. The van der Waals surface area contributed by atoms with Crippen molar-refractivity contribution in [3.63, 3.8) is 0 Å². The van der Waals surface area contributed by atoms with Gasteiger partial charge in [0.2, 0.25) is 0 Å². The molecule has 1 aliphatic rings. The van der Waals surface area contributed by atoms with Gasteiger partial charge in [0.05, 0.1) is 11.1 Å². The summed E-state index contributed by atoms with van der Waals surface area (Å²) in [5, 5.41) is 0. The normalized spacial score (nSPS) is 20.2. The van der Waals surface area contributed by atoms with Gasteiger partial charge in [-0.2, -0.15) is 32.2 Å². The molecule has 30 heavy (non-hydrogen) atoms. The number of hydrogen-bond acceptors (Lipinski definition) is 5. The lowest BCUT2D eigenvalue weighted by Crippen LogP contribution is -2.45. The summed E-state index contributed by atoms with van der Waals surface area (Å²) in [6.45, 7) is 2.31. The molecular formula is C19H19F6N3O2. The third kappa shape index (κ3) is 4.89. The maximum atomic E-state index is 12.8. The maximum Gasteiger partial charge on any atom is 0.417 e. The van der Waals surface area contributed by atoms with Crippen LogP contribution in [0.25, 0.3) is 0 Å². The van der Waals surface area contributed by atoms with Crippen molar-refractivity contribution in [2.24, 2.45) is 5.90 Å². The number of ether oxygens (including phenoxy) is 1. The van der Waals surface area contributed by atoms with E-state index in [1.165, 1.54) is 6.07 Å². The van der Waals surface area contributed by atoms with Crippen LogP contribution in [-0.2, 0) is 12.4 Å². The van der Waals surface area contributed by atoms with Crippen LogP contribution in [-0.4, -0.2) is 23.7 Å². The number of anilines is 1. The van der Waals surface area contributed by atoms with Crippen molar-refractivity contribution in [1.82, 2.24) is 4.98 Å². The summed E-state index contributed by atoms with van der Waals surface area (Å²) >= 11 is 0. The van der Waals surface area contributed by atoms with Crippen molar-refractivity contribution in [3.05, 3.63) is 47.7 Å². The quantitative estimate of drug-likeness (QED) is 0.552. The van der Waals surface area contributed by atoms with E-state index in [1.54, 1.807) is 0 Å². The Kier molecular flexibility index (Phi) is 6.02. The van der Waals surface area contributed by atoms with Crippen molar-refractivity contribution in [2.75, 3.05) is 11.4 Å². The molecule has 2 heterocycles. The van der Waals surface area contributed by atoms with Crippen LogP contribution < -0.4 is 20.4 Å². The minimum Gasteiger partial charge on any atom is -0.486 e. The fourth-order valence-corrected chi connectivity index (χ4v) is 3.35. The third-order valence-electron chi connectivity index (χ3n) is 4.89. The zero-order valence-electron chi connectivity index (χ0n) is 15.8. The summed E-state index contributed by atoms with van der Waals surface area (Å²) < 4.78 is 82.4. The van der Waals surface area contributed by atoms with Gasteiger partial charge in [0.25, 0.3) is 0 Å². The van der Waals surface area contributed by atoms with E-state index in [9.17, 15) is 26.3 Å². The standard InChI is InChI=1S/C19H19F6N3O2/c1-11-8-14(29-15-4-2-12(18(20,21)22)9-16(15)30-26)6-7-28(11)17-5-3-13(10-27-17)19(23,24)25/h2-5,9-11,14H,6-8,26H2,1H3/t11?,14-/m0/s1. The first kappa shape index (κ1) is 22.0. The molecule has 1 aliphatic heterocycles. The average molecular weight is 435 g/mol. The van der Waals surface area contributed by atoms with E-state index in [1.807, 2.05) is 11.8 Å². The van der Waals surface area contributed by atoms with Crippen molar-refractivity contribution >= 4 is 5.82 Å². The number of rotatable bonds is 4. The SMILES string of the molecule is CC1C[C@@H](Oc2ccc(C(F)(F)F)cc2ON)CCN1c1ccc(C(F)(F)F)cn1. The molecule has 164 valence electrons. The Morgan fingerprint density at radius 1 is 1.00 bits per heavy atom. The van der Waals surface area contributed by atoms with Crippen molar-refractivity contribution < 1.29 is 35.9 Å². The summed E-state index contributed by atoms with van der Waals surface area (Å²) in [7, 11) is 0. The number of halogens is 6. The van der Waals surface area contributed by atoms with Gasteiger partial charge in [-0.1, -0.05) is 0 Å². The molecule has 1 aromatic carbocycles. The Morgan fingerprint density at radius 3 is 2.20 bits per heavy atom. The van der Waals surface area contributed by atoms with E-state index < -0.39 is 23.5 Å². The highest BCUT2D eigenvalue weighted by atomic mass is 19.4. The molecule has 5 nitrogen and oxygen atoms in total. The van der Waals surface area contributed by atoms with Gasteiger partial charge in [0, 0.05) is 31.6 Å². The number of piperidine rings is 1. The summed E-state index contributed by atoms with van der Waals surface area (Å²) in [5.74, 6) is 5.36. The largest absolute Gasteiger partial charge is 0.486 e. The Morgan fingerprint density at radius 2 is 1.67 bits per heavy atom. The first-order chi connectivity index (χ1) is 14.0. The lowest BCUT2D eigenvalue weighted by molar-refractivity contribution is -0.138. The van der Waals surface area contributed by atoms with E-state index in [0.717, 1.165) is 30.5 Å². The smallest absolute Gasteiger partial charge is 0.417 e. The molecule has 2 atom stereocenters. The van der Waals surface area contributed by atoms with Crippen molar-refractivity contribution in [2.45, 2.75) is 44.3 Å². The van der Waals surface area contributed by atoms with Crippen LogP contribution in [0.1, 0.15) is 30.9 Å². The van der Waals surface area contributed by atoms with Crippen LogP contribution in [0.4, 0.5) is 32.2 Å². The molecule has 11 heteroatoms. The number of nitrogens with two attached hydrogens (primary N) is 1. The molecule has 2 aromatic rings. The van der Waals surface area contributed by atoms with Gasteiger partial charge in [-0.3, -0.25) is 0 Å². The number of pyridine rings is 1. The molecule has 0 aliphatic carbocycles. The van der Waals surface area contributed by atoms with E-state index in [-0.39, 0.29) is 23.6 Å². The minimum absolute atomic E-state index is 0.0869. The van der Waals surface area contributed by atoms with E-state index in [0.29, 0.717) is 25.2 Å². The van der Waals surface area contributed by atoms with Gasteiger partial charge in [-0.05, 0) is 37.3 Å². The molecule has 0 spiro atoms. The summed E-state index contributed by atoms with van der Waals surface area (Å²) in [4.78, 5) is 10.3. The first-order valence-electron chi connectivity index (χ1n) is 9.03. The van der Waals surface area contributed by atoms with Gasteiger partial charge in [0.1, 0.15) is 11.9 Å². The fraction of sp³-hybridized carbons (Fsp3) is 0.421. The molecule has 2 N–H and O–H groups in total. The van der Waals surface area contributed by atoms with E-state index >= 15 is 0 Å². The second-order valence-electron chi connectivity index (χ2n) is 6.99. The second kappa shape index (κ2) is 8.21. The number of hydrogen-bond donors (Lipinski definition) is 1. The van der Waals surface area contributed by atoms with Crippen LogP contribution in [0, 0.1) is 0 Å². The van der Waals surface area contributed by atoms with Gasteiger partial charge in [-0.25, -0.2) is 4.98 Å². The predicted molar refractivity (Wildman–Crippen MR) is 96.0 cm³/mol. The van der Waals surface area contributed by atoms with Crippen LogP contribution >= 0.6 is 0 Å². The van der Waals surface area contributed by atoms with Crippen molar-refractivity contribution in [3.8, 4) is 11.5 Å². The van der Waals surface area contributed by atoms with Crippen LogP contribution in [0.3, 0.4) is 0 Å². The molecule has 3 rings (SSSR count). The Hall–Kier alpha value is -2.69. The van der Waals surface area contributed by atoms with Crippen LogP contribution in [0.2, 0.25) is 0 Å². The highest BCUT2D eigenvalue weighted by molar-refractivity contribution is 5.44. The Bertz CT molecular complexity index is 870. The minimum atomic E-state index is -4.54. The monoisotopic (exact) mass is 435 g/mol. The molecule has 1 saturated heterocycles. The van der Waals surface area contributed by atoms with Gasteiger partial charge in [0.15, 0.2) is 11.5 Å². The Balaban J connectivity index is 1.67. The number of alkyl halides is 6. The third-order valence-corrected chi connectivity index (χ3v) is 4.89. The zero-order chi connectivity index (χ0) is 22.1. The van der Waals surface area contributed by atoms with Gasteiger partial charge >= 0.3 is 12.4 Å². The van der Waals surface area contributed by atoms with Crippen molar-refractivity contribution in [1.29, 1.82) is 0 Å².